The van der Waals surface area contributed by atoms with E-state index in [9.17, 15) is 19.2 Å². The summed E-state index contributed by atoms with van der Waals surface area (Å²) in [4.78, 5) is 50.3. The highest BCUT2D eigenvalue weighted by atomic mass is 16.6. The van der Waals surface area contributed by atoms with Crippen LogP contribution in [0.2, 0.25) is 0 Å². The minimum Gasteiger partial charge on any atom is -0.478 e. The maximum absolute atomic E-state index is 13.0. The molecule has 0 spiro atoms. The van der Waals surface area contributed by atoms with Crippen LogP contribution in [0.5, 0.6) is 0 Å². The Hall–Kier alpha value is -3.68. The SMILES string of the molecule is CC(C)(C)OC(=O)NCCC(c1ccc(C(=O)O)cc1)N1C(=O)c2ccccc2C1=O. The molecule has 0 saturated carbocycles. The van der Waals surface area contributed by atoms with E-state index in [4.69, 9.17) is 9.84 Å². The second-order valence-corrected chi connectivity index (χ2v) is 8.19. The summed E-state index contributed by atoms with van der Waals surface area (Å²) in [6.07, 6.45) is -0.369. The van der Waals surface area contributed by atoms with Gasteiger partial charge >= 0.3 is 12.1 Å². The summed E-state index contributed by atoms with van der Waals surface area (Å²) in [6.45, 7) is 5.39. The molecule has 1 heterocycles. The minimum absolute atomic E-state index is 0.0942. The molecular formula is C23H24N2O6. The fourth-order valence-electron chi connectivity index (χ4n) is 3.41. The number of rotatable bonds is 6. The first-order valence-electron chi connectivity index (χ1n) is 9.85. The van der Waals surface area contributed by atoms with Gasteiger partial charge in [0.05, 0.1) is 22.7 Å². The van der Waals surface area contributed by atoms with Crippen LogP contribution in [-0.2, 0) is 4.74 Å². The molecule has 0 bridgehead atoms. The number of alkyl carbamates (subject to hydrolysis) is 1. The molecule has 2 aromatic rings. The van der Waals surface area contributed by atoms with E-state index in [1.54, 1.807) is 57.2 Å². The van der Waals surface area contributed by atoms with Gasteiger partial charge in [0.1, 0.15) is 5.60 Å². The lowest BCUT2D eigenvalue weighted by Gasteiger charge is -2.27. The van der Waals surface area contributed by atoms with Crippen LogP contribution >= 0.6 is 0 Å². The van der Waals surface area contributed by atoms with Crippen molar-refractivity contribution in [2.75, 3.05) is 6.54 Å². The van der Waals surface area contributed by atoms with Gasteiger partial charge in [-0.05, 0) is 57.0 Å². The Morgan fingerprint density at radius 1 is 1.00 bits per heavy atom. The Bertz CT molecular complexity index is 988. The summed E-state index contributed by atoms with van der Waals surface area (Å²) in [5.74, 6) is -1.93. The van der Waals surface area contributed by atoms with E-state index in [1.165, 1.54) is 12.1 Å². The number of hydrogen-bond donors (Lipinski definition) is 2. The lowest BCUT2D eigenvalue weighted by atomic mass is 10.00. The number of nitrogens with zero attached hydrogens (tertiary/aromatic N) is 1. The van der Waals surface area contributed by atoms with Crippen molar-refractivity contribution >= 4 is 23.9 Å². The molecule has 162 valence electrons. The molecule has 8 heteroatoms. The number of carbonyl (C=O) groups is 4. The average Bonchev–Trinajstić information content (AvgIpc) is 2.95. The van der Waals surface area contributed by atoms with Gasteiger partial charge < -0.3 is 15.2 Å². The molecule has 0 saturated heterocycles. The van der Waals surface area contributed by atoms with E-state index in [0.717, 1.165) is 4.90 Å². The van der Waals surface area contributed by atoms with Crippen molar-refractivity contribution in [1.82, 2.24) is 10.2 Å². The first-order valence-corrected chi connectivity index (χ1v) is 9.85. The fourth-order valence-corrected chi connectivity index (χ4v) is 3.41. The number of carboxylic acids is 1. The number of carboxylic acid groups (broad SMARTS) is 1. The van der Waals surface area contributed by atoms with Crippen molar-refractivity contribution < 1.29 is 29.0 Å². The zero-order chi connectivity index (χ0) is 22.8. The Balaban J connectivity index is 1.85. The van der Waals surface area contributed by atoms with Crippen LogP contribution in [-0.4, -0.2) is 46.0 Å². The molecule has 1 atom stereocenters. The highest BCUT2D eigenvalue weighted by Crippen LogP contribution is 2.33. The molecule has 1 unspecified atom stereocenters. The molecule has 3 amide bonds. The number of fused-ring (bicyclic) bond motifs is 1. The summed E-state index contributed by atoms with van der Waals surface area (Å²) in [6, 6.07) is 11.9. The number of hydrogen-bond acceptors (Lipinski definition) is 5. The fraction of sp³-hybridized carbons (Fsp3) is 0.304. The number of ether oxygens (including phenoxy) is 1. The maximum Gasteiger partial charge on any atom is 0.407 e. The van der Waals surface area contributed by atoms with Gasteiger partial charge in [-0.25, -0.2) is 9.59 Å². The van der Waals surface area contributed by atoms with Gasteiger partial charge in [-0.15, -0.1) is 0 Å². The average molecular weight is 424 g/mol. The summed E-state index contributed by atoms with van der Waals surface area (Å²) in [7, 11) is 0. The van der Waals surface area contributed by atoms with Crippen molar-refractivity contribution in [2.24, 2.45) is 0 Å². The zero-order valence-corrected chi connectivity index (χ0v) is 17.5. The summed E-state index contributed by atoms with van der Waals surface area (Å²) in [5.41, 5.74) is 0.667. The summed E-state index contributed by atoms with van der Waals surface area (Å²) >= 11 is 0. The number of carbonyl (C=O) groups excluding carboxylic acids is 3. The number of aromatic carboxylic acids is 1. The third-order valence-electron chi connectivity index (χ3n) is 4.77. The second kappa shape index (κ2) is 8.59. The summed E-state index contributed by atoms with van der Waals surface area (Å²) in [5, 5.41) is 11.8. The molecule has 0 radical (unpaired) electrons. The van der Waals surface area contributed by atoms with Gasteiger partial charge in [0.25, 0.3) is 11.8 Å². The first-order chi connectivity index (χ1) is 14.6. The standard InChI is InChI=1S/C23H24N2O6/c1-23(2,3)31-22(30)24-13-12-18(14-8-10-15(11-9-14)21(28)29)25-19(26)16-6-4-5-7-17(16)20(25)27/h4-11,18H,12-13H2,1-3H3,(H,24,30)(H,28,29). The second-order valence-electron chi connectivity index (χ2n) is 8.19. The number of imide groups is 1. The largest absolute Gasteiger partial charge is 0.478 e. The Morgan fingerprint density at radius 3 is 2.03 bits per heavy atom. The van der Waals surface area contributed by atoms with Crippen molar-refractivity contribution in [3.63, 3.8) is 0 Å². The van der Waals surface area contributed by atoms with Crippen LogP contribution in [0.1, 0.15) is 69.9 Å². The predicted molar refractivity (Wildman–Crippen MR) is 112 cm³/mol. The topological polar surface area (TPSA) is 113 Å². The lowest BCUT2D eigenvalue weighted by Crippen LogP contribution is -2.38. The van der Waals surface area contributed by atoms with Crippen molar-refractivity contribution in [3.05, 3.63) is 70.8 Å². The maximum atomic E-state index is 13.0. The van der Waals surface area contributed by atoms with E-state index >= 15 is 0 Å². The van der Waals surface area contributed by atoms with E-state index in [-0.39, 0.29) is 18.5 Å². The van der Waals surface area contributed by atoms with Gasteiger partial charge in [0.2, 0.25) is 0 Å². The van der Waals surface area contributed by atoms with Crippen LogP contribution < -0.4 is 5.32 Å². The van der Waals surface area contributed by atoms with Crippen LogP contribution in [0.25, 0.3) is 0 Å². The molecule has 1 aliphatic heterocycles. The molecule has 3 rings (SSSR count). The van der Waals surface area contributed by atoms with E-state index in [1.807, 2.05) is 0 Å². The van der Waals surface area contributed by atoms with Crippen molar-refractivity contribution in [3.8, 4) is 0 Å². The van der Waals surface area contributed by atoms with Gasteiger partial charge in [-0.2, -0.15) is 0 Å². The Labute approximate surface area is 179 Å². The molecule has 2 N–H and O–H groups in total. The highest BCUT2D eigenvalue weighted by molar-refractivity contribution is 6.21. The number of benzene rings is 2. The molecule has 31 heavy (non-hydrogen) atoms. The molecule has 0 aromatic heterocycles. The Morgan fingerprint density at radius 2 is 1.55 bits per heavy atom. The summed E-state index contributed by atoms with van der Waals surface area (Å²) < 4.78 is 5.22. The monoisotopic (exact) mass is 424 g/mol. The first kappa shape index (κ1) is 22.0. The third kappa shape index (κ3) is 4.91. The number of nitrogens with one attached hydrogen (secondary N) is 1. The molecule has 0 aliphatic carbocycles. The Kier molecular flexibility index (Phi) is 6.10. The van der Waals surface area contributed by atoms with Crippen LogP contribution in [0.15, 0.2) is 48.5 Å². The molecule has 1 aliphatic rings. The molecule has 2 aromatic carbocycles. The van der Waals surface area contributed by atoms with E-state index in [2.05, 4.69) is 5.32 Å². The normalized spacial score (nSPS) is 14.2. The van der Waals surface area contributed by atoms with Crippen LogP contribution in [0.3, 0.4) is 0 Å². The zero-order valence-electron chi connectivity index (χ0n) is 17.5. The van der Waals surface area contributed by atoms with Crippen LogP contribution in [0, 0.1) is 0 Å². The van der Waals surface area contributed by atoms with E-state index in [0.29, 0.717) is 16.7 Å². The molecule has 0 fully saturated rings. The van der Waals surface area contributed by atoms with Crippen molar-refractivity contribution in [1.29, 1.82) is 0 Å². The highest BCUT2D eigenvalue weighted by Gasteiger charge is 2.40. The third-order valence-corrected chi connectivity index (χ3v) is 4.77. The molecule has 8 nitrogen and oxygen atoms in total. The van der Waals surface area contributed by atoms with Gasteiger partial charge in [0, 0.05) is 6.54 Å². The smallest absolute Gasteiger partial charge is 0.407 e. The predicted octanol–water partition coefficient (Wildman–Crippen LogP) is 3.64. The quantitative estimate of drug-likeness (QED) is 0.685. The van der Waals surface area contributed by atoms with Crippen molar-refractivity contribution in [2.45, 2.75) is 38.8 Å². The lowest BCUT2D eigenvalue weighted by molar-refractivity contribution is 0.0515. The van der Waals surface area contributed by atoms with Gasteiger partial charge in [-0.1, -0.05) is 24.3 Å². The number of amides is 3. The molecular weight excluding hydrogens is 400 g/mol. The van der Waals surface area contributed by atoms with Crippen LogP contribution in [0.4, 0.5) is 4.79 Å². The van der Waals surface area contributed by atoms with Gasteiger partial charge in [-0.3, -0.25) is 14.5 Å². The van der Waals surface area contributed by atoms with Gasteiger partial charge in [0.15, 0.2) is 0 Å². The van der Waals surface area contributed by atoms with E-state index < -0.39 is 35.5 Å². The minimum atomic E-state index is -1.07.